The largest absolute Gasteiger partial charge is 0.349 e. The van der Waals surface area contributed by atoms with Gasteiger partial charge in [0.1, 0.15) is 5.52 Å². The molecule has 1 unspecified atom stereocenters. The summed E-state index contributed by atoms with van der Waals surface area (Å²) in [4.78, 5) is 40.9. The topological polar surface area (TPSA) is 100 Å². The lowest BCUT2D eigenvalue weighted by Gasteiger charge is -2.27. The lowest BCUT2D eigenvalue weighted by molar-refractivity contribution is -0.153. The summed E-state index contributed by atoms with van der Waals surface area (Å²) < 4.78 is 0. The van der Waals surface area contributed by atoms with E-state index in [4.69, 9.17) is 0 Å². The van der Waals surface area contributed by atoms with Crippen molar-refractivity contribution in [3.8, 4) is 10.6 Å². The Labute approximate surface area is 180 Å². The van der Waals surface area contributed by atoms with Crippen LogP contribution in [-0.2, 0) is 9.63 Å². The molecular weight excluding hydrogens is 402 g/mol. The number of hydroxylamine groups is 2. The quantitative estimate of drug-likeness (QED) is 0.473. The lowest BCUT2D eigenvalue weighted by atomic mass is 9.88. The van der Waals surface area contributed by atoms with Gasteiger partial charge < -0.3 is 10.3 Å². The van der Waals surface area contributed by atoms with E-state index in [1.54, 1.807) is 23.7 Å². The van der Waals surface area contributed by atoms with Crippen molar-refractivity contribution in [2.45, 2.75) is 40.7 Å². The van der Waals surface area contributed by atoms with Crippen LogP contribution in [0.3, 0.4) is 0 Å². The zero-order valence-electron chi connectivity index (χ0n) is 18.4. The summed E-state index contributed by atoms with van der Waals surface area (Å²) in [6.45, 7) is 10.4. The van der Waals surface area contributed by atoms with Gasteiger partial charge in [0.05, 0.1) is 29.4 Å². The van der Waals surface area contributed by atoms with E-state index >= 15 is 0 Å². The van der Waals surface area contributed by atoms with Crippen molar-refractivity contribution in [3.63, 3.8) is 0 Å². The lowest BCUT2D eigenvalue weighted by Crippen LogP contribution is -2.41. The highest BCUT2D eigenvalue weighted by Gasteiger charge is 2.24. The molecule has 3 aromatic rings. The number of rotatable bonds is 5. The molecule has 2 N–H and O–H groups in total. The molecule has 9 heteroatoms. The highest BCUT2D eigenvalue weighted by atomic mass is 32.1. The molecule has 2 amide bonds. The van der Waals surface area contributed by atoms with E-state index in [0.29, 0.717) is 23.1 Å². The highest BCUT2D eigenvalue weighted by molar-refractivity contribution is 7.15. The molecule has 0 aliphatic rings. The summed E-state index contributed by atoms with van der Waals surface area (Å²) in [6, 6.07) is 4.14. The summed E-state index contributed by atoms with van der Waals surface area (Å²) in [5, 5.41) is 4.12. The van der Waals surface area contributed by atoms with Crippen molar-refractivity contribution in [1.82, 2.24) is 25.3 Å². The SMILES string of the molecule is CON(C)C=O.Cc1ccc(-c2cnc3[nH]cc(C(=O)NC(C)C(C)(C)C)c3n2)s1. The maximum absolute atomic E-state index is 12.6. The molecular formula is C21H29N5O3S. The summed E-state index contributed by atoms with van der Waals surface area (Å²) in [7, 11) is 2.95. The van der Waals surface area contributed by atoms with Gasteiger partial charge in [-0.25, -0.2) is 15.0 Å². The second-order valence-corrected chi connectivity index (χ2v) is 9.25. The fraction of sp³-hybridized carbons (Fsp3) is 0.429. The van der Waals surface area contributed by atoms with E-state index in [0.717, 1.165) is 15.6 Å². The minimum absolute atomic E-state index is 0.00684. The number of carbonyl (C=O) groups is 2. The smallest absolute Gasteiger partial charge is 0.255 e. The fourth-order valence-electron chi connectivity index (χ4n) is 2.29. The fourth-order valence-corrected chi connectivity index (χ4v) is 3.11. The van der Waals surface area contributed by atoms with Crippen LogP contribution in [0, 0.1) is 12.3 Å². The molecule has 0 spiro atoms. The van der Waals surface area contributed by atoms with Gasteiger partial charge in [0.25, 0.3) is 5.91 Å². The molecule has 0 aliphatic carbocycles. The Morgan fingerprint density at radius 3 is 2.57 bits per heavy atom. The minimum Gasteiger partial charge on any atom is -0.349 e. The van der Waals surface area contributed by atoms with E-state index in [1.807, 2.05) is 13.0 Å². The second kappa shape index (κ2) is 9.82. The van der Waals surface area contributed by atoms with E-state index in [-0.39, 0.29) is 17.4 Å². The first-order valence-electron chi connectivity index (χ1n) is 9.50. The number of fused-ring (bicyclic) bond motifs is 1. The Kier molecular flexibility index (Phi) is 7.69. The van der Waals surface area contributed by atoms with Gasteiger partial charge in [-0.3, -0.25) is 14.4 Å². The Hall–Kier alpha value is -2.78. The Morgan fingerprint density at radius 2 is 2.07 bits per heavy atom. The summed E-state index contributed by atoms with van der Waals surface area (Å²) >= 11 is 1.67. The Bertz CT molecular complexity index is 1010. The Morgan fingerprint density at radius 1 is 1.37 bits per heavy atom. The van der Waals surface area contributed by atoms with Crippen molar-refractivity contribution in [2.24, 2.45) is 5.41 Å². The third-order valence-electron chi connectivity index (χ3n) is 4.70. The molecule has 0 bridgehead atoms. The van der Waals surface area contributed by atoms with Crippen LogP contribution >= 0.6 is 11.3 Å². The average Bonchev–Trinajstić information content (AvgIpc) is 3.32. The predicted octanol–water partition coefficient (Wildman–Crippen LogP) is 3.80. The third kappa shape index (κ3) is 5.87. The van der Waals surface area contributed by atoms with E-state index in [2.05, 4.69) is 58.9 Å². The van der Waals surface area contributed by atoms with E-state index in [9.17, 15) is 9.59 Å². The summed E-state index contributed by atoms with van der Waals surface area (Å²) in [6.07, 6.45) is 4.00. The molecule has 0 fully saturated rings. The molecule has 1 atom stereocenters. The first kappa shape index (κ1) is 23.5. The maximum Gasteiger partial charge on any atom is 0.255 e. The molecule has 3 heterocycles. The molecule has 3 rings (SSSR count). The van der Waals surface area contributed by atoms with Crippen molar-refractivity contribution in [2.75, 3.05) is 14.2 Å². The number of carbonyl (C=O) groups excluding carboxylic acids is 2. The molecule has 162 valence electrons. The minimum atomic E-state index is -0.127. The van der Waals surface area contributed by atoms with Gasteiger partial charge in [-0.05, 0) is 31.4 Å². The van der Waals surface area contributed by atoms with Crippen molar-refractivity contribution in [3.05, 3.63) is 35.0 Å². The average molecular weight is 432 g/mol. The van der Waals surface area contributed by atoms with Crippen LogP contribution in [0.2, 0.25) is 0 Å². The zero-order chi connectivity index (χ0) is 22.5. The number of thiophene rings is 1. The number of hydrogen-bond donors (Lipinski definition) is 2. The summed E-state index contributed by atoms with van der Waals surface area (Å²) in [5.74, 6) is -0.127. The van der Waals surface area contributed by atoms with Crippen molar-refractivity contribution < 1.29 is 14.4 Å². The number of aryl methyl sites for hydroxylation is 1. The van der Waals surface area contributed by atoms with Crippen molar-refractivity contribution in [1.29, 1.82) is 0 Å². The first-order chi connectivity index (χ1) is 14.1. The Balaban J connectivity index is 0.000000469. The maximum atomic E-state index is 12.6. The van der Waals surface area contributed by atoms with Gasteiger partial charge in [-0.2, -0.15) is 0 Å². The third-order valence-corrected chi connectivity index (χ3v) is 5.72. The van der Waals surface area contributed by atoms with Gasteiger partial charge in [0.2, 0.25) is 6.41 Å². The van der Waals surface area contributed by atoms with E-state index in [1.165, 1.54) is 19.0 Å². The van der Waals surface area contributed by atoms with Crippen LogP contribution < -0.4 is 5.32 Å². The zero-order valence-corrected chi connectivity index (χ0v) is 19.3. The first-order valence-corrected chi connectivity index (χ1v) is 10.3. The normalized spacial score (nSPS) is 12.1. The van der Waals surface area contributed by atoms with Crippen LogP contribution in [0.15, 0.2) is 24.5 Å². The standard InChI is InChI=1S/C18H22N4OS.C3H7NO2/c1-10-6-7-14(24-10)13-9-20-16-15(22-13)12(8-19-16)17(23)21-11(2)18(3,4)5;1-4(3-5)6-2/h6-9,11H,1-5H3,(H,19,20)(H,21,23);3H,1-2H3. The molecule has 0 aromatic carbocycles. The number of hydrogen-bond acceptors (Lipinski definition) is 6. The number of amides is 2. The van der Waals surface area contributed by atoms with Crippen LogP contribution in [0.25, 0.3) is 21.7 Å². The highest BCUT2D eigenvalue weighted by Crippen LogP contribution is 2.27. The van der Waals surface area contributed by atoms with Gasteiger partial charge >= 0.3 is 0 Å². The van der Waals surface area contributed by atoms with Crippen LogP contribution in [0.5, 0.6) is 0 Å². The molecule has 3 aromatic heterocycles. The number of H-pyrrole nitrogens is 1. The van der Waals surface area contributed by atoms with Crippen LogP contribution in [-0.4, -0.2) is 52.5 Å². The van der Waals surface area contributed by atoms with Gasteiger partial charge in [0, 0.05) is 24.2 Å². The molecule has 0 radical (unpaired) electrons. The number of nitrogens with zero attached hydrogens (tertiary/aromatic N) is 3. The number of nitrogens with one attached hydrogen (secondary N) is 2. The monoisotopic (exact) mass is 431 g/mol. The predicted molar refractivity (Wildman–Crippen MR) is 119 cm³/mol. The molecule has 0 aliphatic heterocycles. The van der Waals surface area contributed by atoms with Gasteiger partial charge in [-0.15, -0.1) is 11.3 Å². The van der Waals surface area contributed by atoms with Crippen LogP contribution in [0.1, 0.15) is 42.9 Å². The second-order valence-electron chi connectivity index (χ2n) is 7.96. The molecule has 30 heavy (non-hydrogen) atoms. The number of aromatic amines is 1. The summed E-state index contributed by atoms with van der Waals surface area (Å²) in [5.41, 5.74) is 2.55. The van der Waals surface area contributed by atoms with E-state index < -0.39 is 0 Å². The molecule has 0 saturated carbocycles. The molecule has 8 nitrogen and oxygen atoms in total. The van der Waals surface area contributed by atoms with Gasteiger partial charge in [-0.1, -0.05) is 20.8 Å². The van der Waals surface area contributed by atoms with Crippen molar-refractivity contribution >= 4 is 34.8 Å². The van der Waals surface area contributed by atoms with Gasteiger partial charge in [0.15, 0.2) is 5.65 Å². The van der Waals surface area contributed by atoms with Crippen LogP contribution in [0.4, 0.5) is 0 Å². The number of aromatic nitrogens is 3. The molecule has 0 saturated heterocycles.